The smallest absolute Gasteiger partial charge is 0.399 e. The van der Waals surface area contributed by atoms with Gasteiger partial charge in [-0.2, -0.15) is 0 Å². The van der Waals surface area contributed by atoms with Gasteiger partial charge >= 0.3 is 7.82 Å². The minimum Gasteiger partial charge on any atom is -0.399 e. The molecule has 0 aliphatic rings. The van der Waals surface area contributed by atoms with E-state index in [9.17, 15) is 4.57 Å². The number of phosphoric ester groups is 1. The van der Waals surface area contributed by atoms with Crippen LogP contribution >= 0.6 is 7.82 Å². The molecule has 0 spiro atoms. The van der Waals surface area contributed by atoms with E-state index in [1.165, 1.54) is 0 Å². The molecule has 0 radical (unpaired) electrons. The highest BCUT2D eigenvalue weighted by molar-refractivity contribution is 7.48. The zero-order valence-corrected chi connectivity index (χ0v) is 18.0. The lowest BCUT2D eigenvalue weighted by Crippen LogP contribution is -2.03. The largest absolute Gasteiger partial charge is 0.475 e. The zero-order valence-electron chi connectivity index (χ0n) is 17.1. The van der Waals surface area contributed by atoms with Gasteiger partial charge in [0, 0.05) is 11.3 Å². The van der Waals surface area contributed by atoms with Crippen LogP contribution in [0.1, 0.15) is 22.3 Å². The van der Waals surface area contributed by atoms with Crippen LogP contribution in [-0.2, 0) is 38.0 Å². The molecule has 3 aromatic rings. The first-order valence-electron chi connectivity index (χ1n) is 9.77. The van der Waals surface area contributed by atoms with Crippen LogP contribution in [0, 0.1) is 11.8 Å². The van der Waals surface area contributed by atoms with Crippen LogP contribution in [-0.4, -0.2) is 6.54 Å². The summed E-state index contributed by atoms with van der Waals surface area (Å²) in [5, 5.41) is 0. The number of hydrogen-bond donors (Lipinski definition) is 2. The molecule has 0 aromatic heterocycles. The van der Waals surface area contributed by atoms with Crippen molar-refractivity contribution in [3.8, 4) is 11.8 Å². The Kier molecular flexibility index (Phi) is 8.43. The third-order valence-electron chi connectivity index (χ3n) is 4.30. The minimum absolute atomic E-state index is 0.0412. The maximum atomic E-state index is 13.4. The van der Waals surface area contributed by atoms with Crippen molar-refractivity contribution in [1.82, 2.24) is 0 Å². The topological polar surface area (TPSA) is 96.8 Å². The summed E-state index contributed by atoms with van der Waals surface area (Å²) in [6, 6.07) is 24.0. The fourth-order valence-corrected chi connectivity index (χ4v) is 3.85. The zero-order chi connectivity index (χ0) is 21.9. The number of nitrogens with two attached hydrogens (primary N) is 2. The molecule has 0 aliphatic carbocycles. The van der Waals surface area contributed by atoms with Crippen LogP contribution in [0.2, 0.25) is 0 Å². The van der Waals surface area contributed by atoms with Gasteiger partial charge in [0.25, 0.3) is 0 Å². The minimum atomic E-state index is -3.89. The molecule has 6 nitrogen and oxygen atoms in total. The predicted octanol–water partition coefficient (Wildman–Crippen LogP) is 4.64. The van der Waals surface area contributed by atoms with Crippen molar-refractivity contribution in [2.75, 3.05) is 12.3 Å². The van der Waals surface area contributed by atoms with Crippen molar-refractivity contribution < 1.29 is 18.1 Å². The number of benzene rings is 3. The van der Waals surface area contributed by atoms with E-state index in [0.717, 1.165) is 11.1 Å². The van der Waals surface area contributed by atoms with E-state index in [4.69, 9.17) is 25.0 Å². The Morgan fingerprint density at radius 2 is 1.32 bits per heavy atom. The molecule has 0 bridgehead atoms. The van der Waals surface area contributed by atoms with Crippen LogP contribution in [0.3, 0.4) is 0 Å². The highest BCUT2D eigenvalue weighted by atomic mass is 31.2. The predicted molar refractivity (Wildman–Crippen MR) is 122 cm³/mol. The van der Waals surface area contributed by atoms with Crippen LogP contribution in [0.15, 0.2) is 78.9 Å². The molecule has 7 heteroatoms. The molecule has 3 aromatic carbocycles. The van der Waals surface area contributed by atoms with E-state index in [1.807, 2.05) is 60.7 Å². The Hall–Kier alpha value is -2.91. The normalized spacial score (nSPS) is 11.0. The van der Waals surface area contributed by atoms with Crippen LogP contribution in [0.4, 0.5) is 5.69 Å². The van der Waals surface area contributed by atoms with Gasteiger partial charge in [0.2, 0.25) is 0 Å². The van der Waals surface area contributed by atoms with E-state index < -0.39 is 7.82 Å². The van der Waals surface area contributed by atoms with Crippen molar-refractivity contribution in [3.05, 3.63) is 101 Å². The van der Waals surface area contributed by atoms with Gasteiger partial charge in [0.15, 0.2) is 0 Å². The second kappa shape index (κ2) is 11.5. The molecule has 0 amide bonds. The van der Waals surface area contributed by atoms with Gasteiger partial charge in [-0.15, -0.1) is 0 Å². The molecule has 4 N–H and O–H groups in total. The van der Waals surface area contributed by atoms with Gasteiger partial charge in [-0.3, -0.25) is 13.6 Å². The van der Waals surface area contributed by atoms with E-state index in [0.29, 0.717) is 16.8 Å². The second-order valence-corrected chi connectivity index (χ2v) is 8.33. The molecule has 0 aliphatic heterocycles. The second-order valence-electron chi connectivity index (χ2n) is 6.66. The molecule has 3 rings (SSSR count). The lowest BCUT2D eigenvalue weighted by molar-refractivity contribution is 0.0978. The Labute approximate surface area is 182 Å². The van der Waals surface area contributed by atoms with Gasteiger partial charge in [0.05, 0.1) is 26.4 Å². The molecule has 0 atom stereocenters. The Morgan fingerprint density at radius 1 is 0.774 bits per heavy atom. The van der Waals surface area contributed by atoms with Crippen LogP contribution < -0.4 is 11.5 Å². The van der Waals surface area contributed by atoms with E-state index in [2.05, 4.69) is 11.8 Å². The maximum absolute atomic E-state index is 13.4. The van der Waals surface area contributed by atoms with Crippen molar-refractivity contribution in [1.29, 1.82) is 0 Å². The standard InChI is InChI=1S/C24H25N2O4P/c25-15-7-12-22-13-14-24(26)16-23(22)19-30-31(27,28-17-20-8-3-1-4-9-20)29-18-21-10-5-2-6-11-21/h1-6,8-11,13-14,16H,15,17-19,25-26H2. The fraction of sp³-hybridized carbons (Fsp3) is 0.167. The van der Waals surface area contributed by atoms with E-state index in [-0.39, 0.29) is 26.4 Å². The lowest BCUT2D eigenvalue weighted by Gasteiger charge is -2.19. The number of anilines is 1. The molecular weight excluding hydrogens is 411 g/mol. The van der Waals surface area contributed by atoms with Gasteiger partial charge in [-0.1, -0.05) is 72.5 Å². The number of phosphoric acid groups is 1. The van der Waals surface area contributed by atoms with Crippen LogP contribution in [0.25, 0.3) is 0 Å². The third kappa shape index (κ3) is 7.37. The van der Waals surface area contributed by atoms with Crippen LogP contribution in [0.5, 0.6) is 0 Å². The fourth-order valence-electron chi connectivity index (χ4n) is 2.72. The maximum Gasteiger partial charge on any atom is 0.475 e. The molecule has 160 valence electrons. The Bertz CT molecular complexity index is 1030. The van der Waals surface area contributed by atoms with Crippen molar-refractivity contribution >= 4 is 13.5 Å². The first-order chi connectivity index (χ1) is 15.1. The summed E-state index contributed by atoms with van der Waals surface area (Å²) in [7, 11) is -3.89. The molecule has 0 saturated heterocycles. The average molecular weight is 436 g/mol. The quantitative estimate of drug-likeness (QED) is 0.288. The summed E-state index contributed by atoms with van der Waals surface area (Å²) in [4.78, 5) is 0. The summed E-state index contributed by atoms with van der Waals surface area (Å²) in [5.41, 5.74) is 15.0. The molecule has 0 fully saturated rings. The summed E-state index contributed by atoms with van der Waals surface area (Å²) in [6.45, 7) is 0.358. The number of nitrogen functional groups attached to an aromatic ring is 1. The van der Waals surface area contributed by atoms with Gasteiger partial charge < -0.3 is 11.5 Å². The van der Waals surface area contributed by atoms with Gasteiger partial charge in [-0.25, -0.2) is 4.57 Å². The Balaban J connectivity index is 1.75. The lowest BCUT2D eigenvalue weighted by atomic mass is 10.1. The molecular formula is C24H25N2O4P. The molecule has 31 heavy (non-hydrogen) atoms. The third-order valence-corrected chi connectivity index (χ3v) is 5.63. The molecule has 0 heterocycles. The molecule has 0 unspecified atom stereocenters. The average Bonchev–Trinajstić information content (AvgIpc) is 2.81. The number of rotatable bonds is 9. The van der Waals surface area contributed by atoms with Crippen molar-refractivity contribution in [3.63, 3.8) is 0 Å². The van der Waals surface area contributed by atoms with E-state index in [1.54, 1.807) is 18.2 Å². The van der Waals surface area contributed by atoms with Crippen molar-refractivity contribution in [2.45, 2.75) is 19.8 Å². The first kappa shape index (κ1) is 22.8. The highest BCUT2D eigenvalue weighted by Crippen LogP contribution is 2.51. The Morgan fingerprint density at radius 3 is 1.87 bits per heavy atom. The van der Waals surface area contributed by atoms with E-state index >= 15 is 0 Å². The van der Waals surface area contributed by atoms with Crippen molar-refractivity contribution in [2.24, 2.45) is 5.73 Å². The summed E-state index contributed by atoms with van der Waals surface area (Å²) >= 11 is 0. The summed E-state index contributed by atoms with van der Waals surface area (Å²) in [6.07, 6.45) is 0. The summed E-state index contributed by atoms with van der Waals surface area (Å²) < 4.78 is 30.3. The van der Waals surface area contributed by atoms with Gasteiger partial charge in [-0.05, 0) is 34.9 Å². The number of hydrogen-bond acceptors (Lipinski definition) is 6. The highest BCUT2D eigenvalue weighted by Gasteiger charge is 2.27. The molecule has 0 saturated carbocycles. The first-order valence-corrected chi connectivity index (χ1v) is 11.2. The van der Waals surface area contributed by atoms with Gasteiger partial charge in [0.1, 0.15) is 0 Å². The monoisotopic (exact) mass is 436 g/mol. The SMILES string of the molecule is NCC#Cc1ccc(N)cc1COP(=O)(OCc1ccccc1)OCc1ccccc1. The summed E-state index contributed by atoms with van der Waals surface area (Å²) in [5.74, 6) is 5.77.